The molecule has 0 bridgehead atoms. The topological polar surface area (TPSA) is 20.3 Å². The Morgan fingerprint density at radius 2 is 1.84 bits per heavy atom. The second kappa shape index (κ2) is 8.36. The van der Waals surface area contributed by atoms with Crippen molar-refractivity contribution in [2.45, 2.75) is 58.3 Å². The van der Waals surface area contributed by atoms with Crippen LogP contribution in [-0.2, 0) is 11.2 Å². The summed E-state index contributed by atoms with van der Waals surface area (Å²) in [6, 6.07) is 9.76. The lowest BCUT2D eigenvalue weighted by Gasteiger charge is -2.44. The van der Waals surface area contributed by atoms with Gasteiger partial charge in [0.2, 0.25) is 0 Å². The summed E-state index contributed by atoms with van der Waals surface area (Å²) < 4.78 is 45.7. The van der Waals surface area contributed by atoms with Gasteiger partial charge >= 0.3 is 0 Å². The molecule has 1 heterocycles. The SMILES string of the molecule is CC(=O)/C=C/c1cc(F)c([C@@H]2C3=C(C[C@@H](C)N2CC(C)(C)F)c2ccccc2C3)c(F)c1. The minimum absolute atomic E-state index is 0.0546. The van der Waals surface area contributed by atoms with Crippen LogP contribution in [0.1, 0.15) is 62.4 Å². The molecule has 1 aliphatic carbocycles. The Morgan fingerprint density at radius 3 is 2.47 bits per heavy atom. The number of carbonyl (C=O) groups excluding carboxylic acids is 1. The molecular weight excluding hydrogens is 411 g/mol. The van der Waals surface area contributed by atoms with Gasteiger partial charge in [-0.25, -0.2) is 13.2 Å². The molecule has 4 rings (SSSR count). The summed E-state index contributed by atoms with van der Waals surface area (Å²) in [6.45, 7) is 6.42. The Balaban J connectivity index is 1.86. The van der Waals surface area contributed by atoms with E-state index in [1.165, 1.54) is 45.1 Å². The van der Waals surface area contributed by atoms with Crippen molar-refractivity contribution in [1.82, 2.24) is 4.90 Å². The highest BCUT2D eigenvalue weighted by Crippen LogP contribution is 2.50. The van der Waals surface area contributed by atoms with Gasteiger partial charge in [0.25, 0.3) is 0 Å². The molecule has 0 amide bonds. The van der Waals surface area contributed by atoms with Crippen LogP contribution in [0.3, 0.4) is 0 Å². The summed E-state index contributed by atoms with van der Waals surface area (Å²) in [7, 11) is 0. The van der Waals surface area contributed by atoms with Gasteiger partial charge in [0, 0.05) is 18.2 Å². The highest BCUT2D eigenvalue weighted by atomic mass is 19.1. The molecule has 168 valence electrons. The average molecular weight is 440 g/mol. The van der Waals surface area contributed by atoms with Gasteiger partial charge in [-0.2, -0.15) is 0 Å². The van der Waals surface area contributed by atoms with Crippen molar-refractivity contribution in [2.75, 3.05) is 6.54 Å². The van der Waals surface area contributed by atoms with E-state index in [0.717, 1.165) is 22.3 Å². The summed E-state index contributed by atoms with van der Waals surface area (Å²) in [6.07, 6.45) is 3.99. The maximum absolute atomic E-state index is 15.4. The molecule has 2 atom stereocenters. The molecule has 2 nitrogen and oxygen atoms in total. The Labute approximate surface area is 187 Å². The molecule has 1 aliphatic heterocycles. The minimum Gasteiger partial charge on any atom is -0.295 e. The molecule has 32 heavy (non-hydrogen) atoms. The summed E-state index contributed by atoms with van der Waals surface area (Å²) in [5.41, 5.74) is 3.03. The quantitative estimate of drug-likeness (QED) is 0.498. The predicted molar refractivity (Wildman–Crippen MR) is 122 cm³/mol. The predicted octanol–water partition coefficient (Wildman–Crippen LogP) is 6.46. The summed E-state index contributed by atoms with van der Waals surface area (Å²) in [5.74, 6) is -1.57. The first kappa shape index (κ1) is 22.5. The second-order valence-corrected chi connectivity index (χ2v) is 9.53. The van der Waals surface area contributed by atoms with Gasteiger partial charge in [-0.3, -0.25) is 9.69 Å². The van der Waals surface area contributed by atoms with E-state index >= 15 is 8.78 Å². The van der Waals surface area contributed by atoms with Crippen molar-refractivity contribution in [1.29, 1.82) is 0 Å². The molecular formula is C27H28F3NO. The Kier molecular flexibility index (Phi) is 5.89. The van der Waals surface area contributed by atoms with Crippen LogP contribution in [0, 0.1) is 11.6 Å². The average Bonchev–Trinajstić information content (AvgIpc) is 3.05. The second-order valence-electron chi connectivity index (χ2n) is 9.53. The number of halogens is 3. The Morgan fingerprint density at radius 1 is 1.19 bits per heavy atom. The number of carbonyl (C=O) groups is 1. The van der Waals surface area contributed by atoms with Crippen LogP contribution in [0.4, 0.5) is 13.2 Å². The van der Waals surface area contributed by atoms with Gasteiger partial charge in [-0.1, -0.05) is 30.3 Å². The van der Waals surface area contributed by atoms with E-state index < -0.39 is 23.3 Å². The molecule has 2 aliphatic rings. The van der Waals surface area contributed by atoms with Gasteiger partial charge in [0.15, 0.2) is 5.78 Å². The number of allylic oxidation sites excluding steroid dienone is 1. The van der Waals surface area contributed by atoms with E-state index in [9.17, 15) is 9.18 Å². The number of hydrogen-bond donors (Lipinski definition) is 0. The molecule has 2 aromatic carbocycles. The normalized spacial score (nSPS) is 21.2. The van der Waals surface area contributed by atoms with Gasteiger partial charge in [0.1, 0.15) is 17.3 Å². The van der Waals surface area contributed by atoms with E-state index in [4.69, 9.17) is 0 Å². The van der Waals surface area contributed by atoms with Crippen LogP contribution in [0.15, 0.2) is 48.0 Å². The van der Waals surface area contributed by atoms with Gasteiger partial charge < -0.3 is 0 Å². The first-order valence-corrected chi connectivity index (χ1v) is 11.0. The highest BCUT2D eigenvalue weighted by molar-refractivity contribution is 5.91. The van der Waals surface area contributed by atoms with Crippen LogP contribution in [0.2, 0.25) is 0 Å². The molecule has 0 saturated carbocycles. The Hall–Kier alpha value is -2.66. The lowest BCUT2D eigenvalue weighted by Crippen LogP contribution is -2.47. The lowest BCUT2D eigenvalue weighted by atomic mass is 9.83. The number of ketones is 1. The fourth-order valence-corrected chi connectivity index (χ4v) is 5.02. The van der Waals surface area contributed by atoms with E-state index in [0.29, 0.717) is 12.8 Å². The summed E-state index contributed by atoms with van der Waals surface area (Å²) >= 11 is 0. The van der Waals surface area contributed by atoms with E-state index in [1.54, 1.807) is 0 Å². The molecule has 0 N–H and O–H groups in total. The summed E-state index contributed by atoms with van der Waals surface area (Å²) in [4.78, 5) is 13.1. The van der Waals surface area contributed by atoms with Crippen LogP contribution >= 0.6 is 0 Å². The summed E-state index contributed by atoms with van der Waals surface area (Å²) in [5, 5.41) is 0. The van der Waals surface area contributed by atoms with Gasteiger partial charge in [-0.05, 0) is 86.6 Å². The zero-order valence-electron chi connectivity index (χ0n) is 18.9. The van der Waals surface area contributed by atoms with Crippen molar-refractivity contribution in [3.8, 4) is 0 Å². The van der Waals surface area contributed by atoms with Crippen molar-refractivity contribution in [3.05, 3.63) is 81.9 Å². The fraction of sp³-hybridized carbons (Fsp3) is 0.370. The van der Waals surface area contributed by atoms with Crippen LogP contribution < -0.4 is 0 Å². The van der Waals surface area contributed by atoms with Gasteiger partial charge in [0.05, 0.1) is 6.04 Å². The zero-order valence-corrected chi connectivity index (χ0v) is 18.9. The molecule has 5 heteroatoms. The number of fused-ring (bicyclic) bond motifs is 2. The molecule has 0 radical (unpaired) electrons. The van der Waals surface area contributed by atoms with E-state index in [1.807, 2.05) is 30.0 Å². The first-order valence-electron chi connectivity index (χ1n) is 11.0. The van der Waals surface area contributed by atoms with Crippen molar-refractivity contribution >= 4 is 17.4 Å². The third-order valence-corrected chi connectivity index (χ3v) is 6.28. The molecule has 0 aromatic heterocycles. The van der Waals surface area contributed by atoms with Crippen molar-refractivity contribution < 1.29 is 18.0 Å². The van der Waals surface area contributed by atoms with Crippen LogP contribution in [0.25, 0.3) is 11.6 Å². The molecule has 0 fully saturated rings. The highest BCUT2D eigenvalue weighted by Gasteiger charge is 2.42. The van der Waals surface area contributed by atoms with Crippen molar-refractivity contribution in [3.63, 3.8) is 0 Å². The number of benzene rings is 2. The zero-order chi connectivity index (χ0) is 23.2. The van der Waals surface area contributed by atoms with Crippen LogP contribution in [-0.4, -0.2) is 28.9 Å². The number of nitrogens with zero attached hydrogens (tertiary/aromatic N) is 1. The monoisotopic (exact) mass is 439 g/mol. The molecule has 0 unspecified atom stereocenters. The largest absolute Gasteiger partial charge is 0.295 e. The molecule has 2 aromatic rings. The standard InChI is InChI=1S/C27H28F3NO/c1-16-11-21-20-8-6-5-7-19(20)14-22(21)26(31(16)15-27(3,4)30)25-23(28)12-18(13-24(25)29)10-9-17(2)32/h5-10,12-13,16,26H,11,14-15H2,1-4H3/b10-9+/t16-,26+/m1/s1. The van der Waals surface area contributed by atoms with Crippen molar-refractivity contribution in [2.24, 2.45) is 0 Å². The van der Waals surface area contributed by atoms with Crippen LogP contribution in [0.5, 0.6) is 0 Å². The smallest absolute Gasteiger partial charge is 0.152 e. The maximum Gasteiger partial charge on any atom is 0.152 e. The van der Waals surface area contributed by atoms with Gasteiger partial charge in [-0.15, -0.1) is 0 Å². The molecule has 0 spiro atoms. The minimum atomic E-state index is -1.52. The third-order valence-electron chi connectivity index (χ3n) is 6.28. The fourth-order valence-electron chi connectivity index (χ4n) is 5.02. The lowest BCUT2D eigenvalue weighted by molar-refractivity contribution is -0.112. The third kappa shape index (κ3) is 4.31. The first-order chi connectivity index (χ1) is 15.0. The van der Waals surface area contributed by atoms with E-state index in [2.05, 4.69) is 6.07 Å². The number of alkyl halides is 1. The van der Waals surface area contributed by atoms with E-state index in [-0.39, 0.29) is 29.5 Å². The Bertz CT molecular complexity index is 1100. The number of rotatable bonds is 5. The maximum atomic E-state index is 15.4. The number of hydrogen-bond acceptors (Lipinski definition) is 2. The molecule has 0 saturated heterocycles.